The summed E-state index contributed by atoms with van der Waals surface area (Å²) in [6.45, 7) is 4.43. The van der Waals surface area contributed by atoms with Crippen molar-refractivity contribution in [2.24, 2.45) is 5.73 Å². The van der Waals surface area contributed by atoms with Gasteiger partial charge in [0.15, 0.2) is 0 Å². The van der Waals surface area contributed by atoms with Crippen LogP contribution in [0.2, 0.25) is 0 Å². The zero-order valence-electron chi connectivity index (χ0n) is 10.6. The molecule has 18 heavy (non-hydrogen) atoms. The van der Waals surface area contributed by atoms with E-state index in [1.54, 1.807) is 4.90 Å². The molecule has 0 saturated carbocycles. The summed E-state index contributed by atoms with van der Waals surface area (Å²) < 4.78 is 5.21. The predicted octanol–water partition coefficient (Wildman–Crippen LogP) is 1.57. The van der Waals surface area contributed by atoms with Gasteiger partial charge in [-0.25, -0.2) is 4.79 Å². The van der Waals surface area contributed by atoms with Crippen LogP contribution >= 0.6 is 0 Å². The van der Waals surface area contributed by atoms with E-state index in [0.717, 1.165) is 11.3 Å². The molecule has 5 nitrogen and oxygen atoms in total. The highest BCUT2D eigenvalue weighted by Crippen LogP contribution is 2.14. The van der Waals surface area contributed by atoms with Gasteiger partial charge in [0, 0.05) is 24.8 Å². The van der Waals surface area contributed by atoms with Gasteiger partial charge >= 0.3 is 6.03 Å². The summed E-state index contributed by atoms with van der Waals surface area (Å²) in [5.41, 5.74) is 7.62. The van der Waals surface area contributed by atoms with Crippen LogP contribution in [0.3, 0.4) is 0 Å². The maximum Gasteiger partial charge on any atom is 0.321 e. The van der Waals surface area contributed by atoms with Crippen LogP contribution < -0.4 is 11.1 Å². The van der Waals surface area contributed by atoms with Gasteiger partial charge in [0.2, 0.25) is 0 Å². The minimum absolute atomic E-state index is 0.00833. The topological polar surface area (TPSA) is 67.6 Å². The third-order valence-electron chi connectivity index (χ3n) is 2.99. The zero-order chi connectivity index (χ0) is 13.0. The van der Waals surface area contributed by atoms with E-state index in [1.165, 1.54) is 0 Å². The third kappa shape index (κ3) is 3.21. The Kier molecular flexibility index (Phi) is 4.17. The van der Waals surface area contributed by atoms with Crippen LogP contribution in [0.1, 0.15) is 18.5 Å². The molecule has 0 radical (unpaired) electrons. The largest absolute Gasteiger partial charge is 0.378 e. The van der Waals surface area contributed by atoms with Gasteiger partial charge in [-0.3, -0.25) is 0 Å². The molecular formula is C13H19N3O2. The average molecular weight is 249 g/mol. The maximum absolute atomic E-state index is 11.9. The monoisotopic (exact) mass is 249 g/mol. The Morgan fingerprint density at radius 2 is 1.94 bits per heavy atom. The number of amides is 2. The molecule has 0 aliphatic carbocycles. The summed E-state index contributed by atoms with van der Waals surface area (Å²) in [5, 5.41) is 2.87. The summed E-state index contributed by atoms with van der Waals surface area (Å²) >= 11 is 0. The first-order chi connectivity index (χ1) is 8.66. The van der Waals surface area contributed by atoms with Gasteiger partial charge < -0.3 is 20.7 Å². The molecular weight excluding hydrogens is 230 g/mol. The molecule has 1 fully saturated rings. The molecule has 0 bridgehead atoms. The molecule has 3 N–H and O–H groups in total. The van der Waals surface area contributed by atoms with E-state index < -0.39 is 0 Å². The first-order valence-electron chi connectivity index (χ1n) is 6.16. The standard InChI is InChI=1S/C13H19N3O2/c1-10(14)11-2-4-12(5-3-11)15-13(17)16-6-8-18-9-7-16/h2-5,10H,6-9,14H2,1H3,(H,15,17). The minimum Gasteiger partial charge on any atom is -0.378 e. The van der Waals surface area contributed by atoms with Crippen molar-refractivity contribution in [3.63, 3.8) is 0 Å². The Labute approximate surface area is 107 Å². The molecule has 2 amide bonds. The lowest BCUT2D eigenvalue weighted by atomic mass is 10.1. The van der Waals surface area contributed by atoms with Crippen LogP contribution in [0, 0.1) is 0 Å². The molecule has 1 aromatic rings. The lowest BCUT2D eigenvalue weighted by molar-refractivity contribution is 0.0564. The van der Waals surface area contributed by atoms with Gasteiger partial charge in [-0.05, 0) is 24.6 Å². The van der Waals surface area contributed by atoms with Gasteiger partial charge in [0.25, 0.3) is 0 Å². The Morgan fingerprint density at radius 1 is 1.33 bits per heavy atom. The highest BCUT2D eigenvalue weighted by Gasteiger charge is 2.16. The number of anilines is 1. The predicted molar refractivity (Wildman–Crippen MR) is 70.5 cm³/mol. The number of ether oxygens (including phenoxy) is 1. The van der Waals surface area contributed by atoms with Crippen LogP contribution in [-0.2, 0) is 4.74 Å². The van der Waals surface area contributed by atoms with Crippen molar-refractivity contribution < 1.29 is 9.53 Å². The number of morpholine rings is 1. The molecule has 98 valence electrons. The van der Waals surface area contributed by atoms with Crippen molar-refractivity contribution in [3.8, 4) is 0 Å². The second-order valence-electron chi connectivity index (χ2n) is 4.44. The summed E-state index contributed by atoms with van der Waals surface area (Å²) in [6, 6.07) is 7.54. The smallest absolute Gasteiger partial charge is 0.321 e. The SMILES string of the molecule is CC(N)c1ccc(NC(=O)N2CCOCC2)cc1. The molecule has 0 spiro atoms. The fourth-order valence-electron chi connectivity index (χ4n) is 1.84. The zero-order valence-corrected chi connectivity index (χ0v) is 10.6. The number of nitrogens with one attached hydrogen (secondary N) is 1. The molecule has 1 aromatic carbocycles. The number of nitrogens with zero attached hydrogens (tertiary/aromatic N) is 1. The molecule has 2 rings (SSSR count). The Hall–Kier alpha value is -1.59. The van der Waals surface area contributed by atoms with Crippen molar-refractivity contribution in [2.75, 3.05) is 31.6 Å². The van der Waals surface area contributed by atoms with E-state index in [0.29, 0.717) is 26.3 Å². The van der Waals surface area contributed by atoms with Gasteiger partial charge in [-0.1, -0.05) is 12.1 Å². The Bertz CT molecular complexity index is 397. The molecule has 1 aliphatic heterocycles. The highest BCUT2D eigenvalue weighted by molar-refractivity contribution is 5.89. The normalized spacial score (nSPS) is 17.3. The number of benzene rings is 1. The lowest BCUT2D eigenvalue weighted by Crippen LogP contribution is -2.43. The molecule has 1 aliphatic rings. The average Bonchev–Trinajstić information content (AvgIpc) is 2.40. The van der Waals surface area contributed by atoms with Crippen molar-refractivity contribution >= 4 is 11.7 Å². The molecule has 1 atom stereocenters. The Balaban J connectivity index is 1.94. The molecule has 1 saturated heterocycles. The summed E-state index contributed by atoms with van der Waals surface area (Å²) in [7, 11) is 0. The van der Waals surface area contributed by atoms with E-state index in [9.17, 15) is 4.79 Å². The van der Waals surface area contributed by atoms with Gasteiger partial charge in [0.05, 0.1) is 13.2 Å². The van der Waals surface area contributed by atoms with E-state index >= 15 is 0 Å². The van der Waals surface area contributed by atoms with Gasteiger partial charge in [-0.2, -0.15) is 0 Å². The first kappa shape index (κ1) is 12.9. The van der Waals surface area contributed by atoms with Crippen molar-refractivity contribution in [1.29, 1.82) is 0 Å². The van der Waals surface area contributed by atoms with E-state index in [2.05, 4.69) is 5.32 Å². The number of carbonyl (C=O) groups excluding carboxylic acids is 1. The molecule has 1 heterocycles. The molecule has 5 heteroatoms. The number of carbonyl (C=O) groups is 1. The summed E-state index contributed by atoms with van der Waals surface area (Å²) in [5.74, 6) is 0. The second-order valence-corrected chi connectivity index (χ2v) is 4.44. The minimum atomic E-state index is -0.0770. The van der Waals surface area contributed by atoms with Crippen molar-refractivity contribution in [2.45, 2.75) is 13.0 Å². The quantitative estimate of drug-likeness (QED) is 0.836. The second kappa shape index (κ2) is 5.84. The number of urea groups is 1. The number of hydrogen-bond donors (Lipinski definition) is 2. The molecule has 1 unspecified atom stereocenters. The lowest BCUT2D eigenvalue weighted by Gasteiger charge is -2.26. The Morgan fingerprint density at radius 3 is 2.50 bits per heavy atom. The van der Waals surface area contributed by atoms with E-state index in [1.807, 2.05) is 31.2 Å². The fraction of sp³-hybridized carbons (Fsp3) is 0.462. The van der Waals surface area contributed by atoms with E-state index in [4.69, 9.17) is 10.5 Å². The molecule has 0 aromatic heterocycles. The summed E-state index contributed by atoms with van der Waals surface area (Å²) in [6.07, 6.45) is 0. The fourth-order valence-corrected chi connectivity index (χ4v) is 1.84. The van der Waals surface area contributed by atoms with Crippen LogP contribution in [0.15, 0.2) is 24.3 Å². The van der Waals surface area contributed by atoms with E-state index in [-0.39, 0.29) is 12.1 Å². The van der Waals surface area contributed by atoms with Gasteiger partial charge in [-0.15, -0.1) is 0 Å². The first-order valence-corrected chi connectivity index (χ1v) is 6.16. The number of hydrogen-bond acceptors (Lipinski definition) is 3. The summed E-state index contributed by atoms with van der Waals surface area (Å²) in [4.78, 5) is 13.7. The van der Waals surface area contributed by atoms with Gasteiger partial charge in [0.1, 0.15) is 0 Å². The van der Waals surface area contributed by atoms with Crippen LogP contribution in [0.5, 0.6) is 0 Å². The van der Waals surface area contributed by atoms with Crippen LogP contribution in [-0.4, -0.2) is 37.2 Å². The highest BCUT2D eigenvalue weighted by atomic mass is 16.5. The van der Waals surface area contributed by atoms with Crippen molar-refractivity contribution in [3.05, 3.63) is 29.8 Å². The maximum atomic E-state index is 11.9. The van der Waals surface area contributed by atoms with Crippen molar-refractivity contribution in [1.82, 2.24) is 4.90 Å². The number of nitrogens with two attached hydrogens (primary N) is 1. The number of rotatable bonds is 2. The van der Waals surface area contributed by atoms with Crippen LogP contribution in [0.4, 0.5) is 10.5 Å². The third-order valence-corrected chi connectivity index (χ3v) is 2.99. The van der Waals surface area contributed by atoms with Crippen LogP contribution in [0.25, 0.3) is 0 Å².